The smallest absolute Gasteiger partial charge is 0.309 e. The second kappa shape index (κ2) is 14.0. The average Bonchev–Trinajstić information content (AvgIpc) is 2.44. The normalized spacial score (nSPS) is 12.7. The van der Waals surface area contributed by atoms with Crippen LogP contribution < -0.4 is 0 Å². The predicted octanol–water partition coefficient (Wildman–Crippen LogP) is 3.97. The summed E-state index contributed by atoms with van der Waals surface area (Å²) in [6.07, 6.45) is 1.13. The molecule has 0 saturated heterocycles. The summed E-state index contributed by atoms with van der Waals surface area (Å²) in [6.45, 7) is 14.2. The highest BCUT2D eigenvalue weighted by Gasteiger charge is 2.26. The summed E-state index contributed by atoms with van der Waals surface area (Å²) in [5, 5.41) is 8.33. The van der Waals surface area contributed by atoms with E-state index in [4.69, 9.17) is 14.7 Å². The summed E-state index contributed by atoms with van der Waals surface area (Å²) in [6, 6.07) is 2.20. The number of carbonyl (C=O) groups is 2. The zero-order valence-electron chi connectivity index (χ0n) is 15.7. The van der Waals surface area contributed by atoms with Crippen LogP contribution >= 0.6 is 0 Å². The maximum atomic E-state index is 11.5. The number of rotatable bonds is 8. The molecule has 0 heterocycles. The van der Waals surface area contributed by atoms with Crippen LogP contribution in [0.3, 0.4) is 0 Å². The minimum Gasteiger partial charge on any atom is -0.466 e. The Morgan fingerprint density at radius 3 is 1.83 bits per heavy atom. The molecule has 0 fully saturated rings. The second-order valence-corrected chi connectivity index (χ2v) is 6.27. The molecule has 0 aromatic carbocycles. The van der Waals surface area contributed by atoms with E-state index in [0.717, 1.165) is 6.42 Å². The van der Waals surface area contributed by atoms with Gasteiger partial charge in [-0.3, -0.25) is 9.59 Å². The average molecular weight is 327 g/mol. The zero-order chi connectivity index (χ0) is 18.4. The lowest BCUT2D eigenvalue weighted by atomic mass is 9.93. The summed E-state index contributed by atoms with van der Waals surface area (Å²) >= 11 is 0. The number of nitrogens with zero attached hydrogens (tertiary/aromatic N) is 1. The molecule has 0 rings (SSSR count). The third-order valence-corrected chi connectivity index (χ3v) is 3.13. The van der Waals surface area contributed by atoms with Gasteiger partial charge in [0.1, 0.15) is 0 Å². The molecule has 5 heteroatoms. The monoisotopic (exact) mass is 327 g/mol. The molecule has 0 aromatic heterocycles. The van der Waals surface area contributed by atoms with Crippen LogP contribution in [0.25, 0.3) is 0 Å². The minimum atomic E-state index is -0.399. The van der Waals surface area contributed by atoms with Gasteiger partial charge in [0.05, 0.1) is 31.6 Å². The minimum absolute atomic E-state index is 0.0773. The number of esters is 2. The number of nitriles is 1. The van der Waals surface area contributed by atoms with E-state index in [-0.39, 0.29) is 30.2 Å². The Hall–Kier alpha value is -1.57. The van der Waals surface area contributed by atoms with Crippen molar-refractivity contribution in [2.75, 3.05) is 13.2 Å². The standard InChI is InChI=1S/C11H20O4.C7H13N/c1-5-14-10(12)7-9(8(3)4)11(13)15-6-2;1-6(2)4-7(3)5-8/h8-9H,5-7H2,1-4H3;6-7H,4H2,1-3H3. The van der Waals surface area contributed by atoms with Crippen molar-refractivity contribution in [3.8, 4) is 6.07 Å². The molecule has 2 unspecified atom stereocenters. The largest absolute Gasteiger partial charge is 0.466 e. The number of hydrogen-bond donors (Lipinski definition) is 0. The Balaban J connectivity index is 0. The molecule has 0 aliphatic heterocycles. The highest BCUT2D eigenvalue weighted by molar-refractivity contribution is 5.80. The van der Waals surface area contributed by atoms with E-state index in [1.54, 1.807) is 13.8 Å². The van der Waals surface area contributed by atoms with Gasteiger partial charge in [0.25, 0.3) is 0 Å². The number of carbonyl (C=O) groups excluding carboxylic acids is 2. The highest BCUT2D eigenvalue weighted by Crippen LogP contribution is 2.17. The lowest BCUT2D eigenvalue weighted by Crippen LogP contribution is -2.26. The molecular formula is C18H33NO4. The van der Waals surface area contributed by atoms with Crippen molar-refractivity contribution in [1.82, 2.24) is 0 Å². The first kappa shape index (κ1) is 23.7. The van der Waals surface area contributed by atoms with Crippen molar-refractivity contribution in [3.63, 3.8) is 0 Å². The van der Waals surface area contributed by atoms with Crippen LogP contribution in [0.4, 0.5) is 0 Å². The summed E-state index contributed by atoms with van der Waals surface area (Å²) in [7, 11) is 0. The maximum Gasteiger partial charge on any atom is 0.309 e. The summed E-state index contributed by atoms with van der Waals surface area (Å²) in [5.74, 6) is -0.0955. The van der Waals surface area contributed by atoms with Crippen LogP contribution in [-0.2, 0) is 19.1 Å². The molecule has 23 heavy (non-hydrogen) atoms. The summed E-state index contributed by atoms with van der Waals surface area (Å²) < 4.78 is 9.70. The van der Waals surface area contributed by atoms with Crippen molar-refractivity contribution in [1.29, 1.82) is 5.26 Å². The Kier molecular flexibility index (Phi) is 14.5. The van der Waals surface area contributed by atoms with Gasteiger partial charge in [-0.1, -0.05) is 27.7 Å². The van der Waals surface area contributed by atoms with E-state index < -0.39 is 5.92 Å². The fraction of sp³-hybridized carbons (Fsp3) is 0.833. The first-order valence-corrected chi connectivity index (χ1v) is 8.41. The molecule has 0 saturated carbocycles. The van der Waals surface area contributed by atoms with Gasteiger partial charge in [-0.25, -0.2) is 0 Å². The summed E-state index contributed by atoms with van der Waals surface area (Å²) in [4.78, 5) is 22.7. The van der Waals surface area contributed by atoms with Gasteiger partial charge in [-0.15, -0.1) is 0 Å². The van der Waals surface area contributed by atoms with Gasteiger partial charge < -0.3 is 9.47 Å². The molecule has 5 nitrogen and oxygen atoms in total. The van der Waals surface area contributed by atoms with Crippen LogP contribution in [0.2, 0.25) is 0 Å². The van der Waals surface area contributed by atoms with E-state index in [0.29, 0.717) is 19.1 Å². The molecule has 0 aromatic rings. The molecule has 0 bridgehead atoms. The SMILES string of the molecule is CC(C)CC(C)C#N.CCOC(=O)CC(C(=O)OCC)C(C)C. The van der Waals surface area contributed by atoms with Crippen molar-refractivity contribution >= 4 is 11.9 Å². The van der Waals surface area contributed by atoms with Crippen molar-refractivity contribution in [3.05, 3.63) is 0 Å². The lowest BCUT2D eigenvalue weighted by molar-refractivity contribution is -0.156. The molecule has 0 aliphatic rings. The third kappa shape index (κ3) is 13.8. The quantitative estimate of drug-likeness (QED) is 0.630. The molecule has 2 atom stereocenters. The lowest BCUT2D eigenvalue weighted by Gasteiger charge is -2.17. The predicted molar refractivity (Wildman–Crippen MR) is 90.4 cm³/mol. The van der Waals surface area contributed by atoms with Crippen LogP contribution in [0.1, 0.15) is 61.3 Å². The van der Waals surface area contributed by atoms with Crippen molar-refractivity contribution < 1.29 is 19.1 Å². The maximum absolute atomic E-state index is 11.5. The molecule has 0 N–H and O–H groups in total. The third-order valence-electron chi connectivity index (χ3n) is 3.13. The van der Waals surface area contributed by atoms with Gasteiger partial charge in [0.2, 0.25) is 0 Å². The van der Waals surface area contributed by atoms with Crippen LogP contribution in [-0.4, -0.2) is 25.2 Å². The number of ether oxygens (including phenoxy) is 2. The fourth-order valence-electron chi connectivity index (χ4n) is 2.00. The Labute approximate surface area is 141 Å². The number of hydrogen-bond acceptors (Lipinski definition) is 5. The first-order chi connectivity index (χ1) is 10.7. The van der Waals surface area contributed by atoms with E-state index in [1.807, 2.05) is 20.8 Å². The van der Waals surface area contributed by atoms with E-state index in [9.17, 15) is 9.59 Å². The van der Waals surface area contributed by atoms with E-state index in [2.05, 4.69) is 19.9 Å². The second-order valence-electron chi connectivity index (χ2n) is 6.27. The van der Waals surface area contributed by atoms with Crippen LogP contribution in [0.15, 0.2) is 0 Å². The zero-order valence-corrected chi connectivity index (χ0v) is 15.7. The van der Waals surface area contributed by atoms with E-state index >= 15 is 0 Å². The fourth-order valence-corrected chi connectivity index (χ4v) is 2.00. The highest BCUT2D eigenvalue weighted by atomic mass is 16.5. The van der Waals surface area contributed by atoms with Gasteiger partial charge in [0.15, 0.2) is 0 Å². The molecule has 0 amide bonds. The van der Waals surface area contributed by atoms with Gasteiger partial charge >= 0.3 is 11.9 Å². The Bertz CT molecular complexity index is 372. The summed E-state index contributed by atoms with van der Waals surface area (Å²) in [5.41, 5.74) is 0. The van der Waals surface area contributed by atoms with Gasteiger partial charge in [-0.2, -0.15) is 5.26 Å². The van der Waals surface area contributed by atoms with Crippen molar-refractivity contribution in [2.45, 2.75) is 61.3 Å². The van der Waals surface area contributed by atoms with E-state index in [1.165, 1.54) is 0 Å². The molecule has 0 aliphatic carbocycles. The Morgan fingerprint density at radius 2 is 1.52 bits per heavy atom. The molecular weight excluding hydrogens is 294 g/mol. The van der Waals surface area contributed by atoms with Crippen molar-refractivity contribution in [2.24, 2.45) is 23.7 Å². The van der Waals surface area contributed by atoms with Crippen LogP contribution in [0, 0.1) is 35.0 Å². The van der Waals surface area contributed by atoms with Gasteiger partial charge in [-0.05, 0) is 39.0 Å². The topological polar surface area (TPSA) is 76.4 Å². The van der Waals surface area contributed by atoms with Gasteiger partial charge in [0, 0.05) is 5.92 Å². The molecule has 0 spiro atoms. The molecule has 134 valence electrons. The first-order valence-electron chi connectivity index (χ1n) is 8.41. The van der Waals surface area contributed by atoms with Crippen LogP contribution in [0.5, 0.6) is 0 Å². The Morgan fingerprint density at radius 1 is 1.00 bits per heavy atom. The molecule has 0 radical (unpaired) electrons.